The van der Waals surface area contributed by atoms with E-state index in [1.54, 1.807) is 12.1 Å². The number of halogens is 3. The molecule has 0 saturated carbocycles. The molecule has 5 heteroatoms. The van der Waals surface area contributed by atoms with Crippen molar-refractivity contribution in [3.05, 3.63) is 107 Å². The third-order valence-corrected chi connectivity index (χ3v) is 4.34. The van der Waals surface area contributed by atoms with E-state index >= 15 is 0 Å². The predicted octanol–water partition coefficient (Wildman–Crippen LogP) is 4.84. The van der Waals surface area contributed by atoms with E-state index in [1.807, 2.05) is 35.2 Å². The Morgan fingerprint density at radius 3 is 2.11 bits per heavy atom. The molecule has 3 rings (SSSR count). The molecule has 3 aromatic carbocycles. The summed E-state index contributed by atoms with van der Waals surface area (Å²) >= 11 is 0. The molecule has 3 aromatic rings. The van der Waals surface area contributed by atoms with Gasteiger partial charge in [-0.25, -0.2) is 13.2 Å². The Hall–Kier alpha value is -2.63. The molecule has 0 spiro atoms. The predicted molar refractivity (Wildman–Crippen MR) is 98.3 cm³/mol. The first kappa shape index (κ1) is 19.1. The van der Waals surface area contributed by atoms with E-state index in [9.17, 15) is 18.3 Å². The molecule has 0 aliphatic heterocycles. The number of aliphatic hydroxyl groups excluding tert-OH is 1. The summed E-state index contributed by atoms with van der Waals surface area (Å²) in [6.45, 7) is 0.826. The van der Waals surface area contributed by atoms with E-state index in [0.717, 1.165) is 17.2 Å². The maximum Gasteiger partial charge on any atom is 0.130 e. The van der Waals surface area contributed by atoms with Crippen LogP contribution in [-0.2, 0) is 13.1 Å². The molecule has 0 aliphatic carbocycles. The zero-order valence-electron chi connectivity index (χ0n) is 14.7. The van der Waals surface area contributed by atoms with Crippen molar-refractivity contribution in [2.75, 3.05) is 6.54 Å². The molecule has 0 radical (unpaired) electrons. The summed E-state index contributed by atoms with van der Waals surface area (Å²) in [5, 5.41) is 10.5. The first-order chi connectivity index (χ1) is 13.0. The van der Waals surface area contributed by atoms with E-state index in [4.69, 9.17) is 0 Å². The van der Waals surface area contributed by atoms with Crippen molar-refractivity contribution in [1.29, 1.82) is 0 Å². The molecule has 0 amide bonds. The van der Waals surface area contributed by atoms with Gasteiger partial charge >= 0.3 is 0 Å². The van der Waals surface area contributed by atoms with Crippen molar-refractivity contribution in [3.63, 3.8) is 0 Å². The third-order valence-electron chi connectivity index (χ3n) is 4.34. The summed E-state index contributed by atoms with van der Waals surface area (Å²) in [5.74, 6) is -1.60. The quantitative estimate of drug-likeness (QED) is 0.642. The fraction of sp³-hybridized carbons (Fsp3) is 0.182. The number of hydrogen-bond acceptors (Lipinski definition) is 2. The van der Waals surface area contributed by atoms with Gasteiger partial charge in [-0.1, -0.05) is 48.5 Å². The maximum absolute atomic E-state index is 14.1. The molecule has 140 valence electrons. The SMILES string of the molecule is OC(CN(Cc1ccc(F)cc1)Cc1ccc(F)cc1F)c1ccccc1. The fourth-order valence-electron chi connectivity index (χ4n) is 2.95. The second-order valence-corrected chi connectivity index (χ2v) is 6.46. The van der Waals surface area contributed by atoms with Crippen LogP contribution in [0.25, 0.3) is 0 Å². The summed E-state index contributed by atoms with van der Waals surface area (Å²) in [6.07, 6.45) is -0.768. The highest BCUT2D eigenvalue weighted by molar-refractivity contribution is 5.21. The summed E-state index contributed by atoms with van der Waals surface area (Å²) in [6, 6.07) is 18.7. The summed E-state index contributed by atoms with van der Waals surface area (Å²) in [4.78, 5) is 1.85. The minimum atomic E-state index is -0.768. The van der Waals surface area contributed by atoms with Crippen molar-refractivity contribution in [1.82, 2.24) is 4.90 Å². The van der Waals surface area contributed by atoms with Crippen LogP contribution < -0.4 is 0 Å². The van der Waals surface area contributed by atoms with Gasteiger partial charge in [-0.3, -0.25) is 4.90 Å². The molecule has 0 saturated heterocycles. The van der Waals surface area contributed by atoms with Crippen LogP contribution in [0.5, 0.6) is 0 Å². The lowest BCUT2D eigenvalue weighted by atomic mass is 10.1. The van der Waals surface area contributed by atoms with Crippen LogP contribution in [0.15, 0.2) is 72.8 Å². The largest absolute Gasteiger partial charge is 0.387 e. The second-order valence-electron chi connectivity index (χ2n) is 6.46. The summed E-state index contributed by atoms with van der Waals surface area (Å²) < 4.78 is 40.4. The fourth-order valence-corrected chi connectivity index (χ4v) is 2.95. The number of hydrogen-bond donors (Lipinski definition) is 1. The molecule has 0 aromatic heterocycles. The monoisotopic (exact) mass is 371 g/mol. The summed E-state index contributed by atoms with van der Waals surface area (Å²) in [7, 11) is 0. The average Bonchev–Trinajstić information content (AvgIpc) is 2.66. The number of rotatable bonds is 7. The van der Waals surface area contributed by atoms with Crippen molar-refractivity contribution in [3.8, 4) is 0 Å². The van der Waals surface area contributed by atoms with Gasteiger partial charge in [0.1, 0.15) is 17.5 Å². The van der Waals surface area contributed by atoms with Gasteiger partial charge in [-0.05, 0) is 29.3 Å². The lowest BCUT2D eigenvalue weighted by Crippen LogP contribution is -2.28. The van der Waals surface area contributed by atoms with E-state index < -0.39 is 17.7 Å². The molecular weight excluding hydrogens is 351 g/mol. The first-order valence-corrected chi connectivity index (χ1v) is 8.65. The van der Waals surface area contributed by atoms with Gasteiger partial charge in [0.2, 0.25) is 0 Å². The molecule has 27 heavy (non-hydrogen) atoms. The Balaban J connectivity index is 1.80. The highest BCUT2D eigenvalue weighted by Gasteiger charge is 2.16. The highest BCUT2D eigenvalue weighted by atomic mass is 19.1. The van der Waals surface area contributed by atoms with E-state index in [-0.39, 0.29) is 18.9 Å². The van der Waals surface area contributed by atoms with Crippen molar-refractivity contribution in [2.24, 2.45) is 0 Å². The van der Waals surface area contributed by atoms with E-state index in [2.05, 4.69) is 0 Å². The number of nitrogens with zero attached hydrogens (tertiary/aromatic N) is 1. The molecule has 1 unspecified atom stereocenters. The van der Waals surface area contributed by atoms with Crippen LogP contribution in [-0.4, -0.2) is 16.6 Å². The van der Waals surface area contributed by atoms with Crippen LogP contribution in [0.1, 0.15) is 22.8 Å². The molecule has 1 N–H and O–H groups in total. The lowest BCUT2D eigenvalue weighted by molar-refractivity contribution is 0.104. The van der Waals surface area contributed by atoms with Gasteiger partial charge in [0.05, 0.1) is 6.10 Å². The smallest absolute Gasteiger partial charge is 0.130 e. The van der Waals surface area contributed by atoms with Crippen LogP contribution in [0, 0.1) is 17.5 Å². The van der Waals surface area contributed by atoms with Crippen molar-refractivity contribution in [2.45, 2.75) is 19.2 Å². The number of aliphatic hydroxyl groups is 1. The minimum absolute atomic E-state index is 0.188. The van der Waals surface area contributed by atoms with Crippen LogP contribution in [0.4, 0.5) is 13.2 Å². The molecule has 0 fully saturated rings. The van der Waals surface area contributed by atoms with E-state index in [1.165, 1.54) is 24.3 Å². The molecule has 1 atom stereocenters. The zero-order valence-corrected chi connectivity index (χ0v) is 14.7. The maximum atomic E-state index is 14.1. The van der Waals surface area contributed by atoms with Crippen molar-refractivity contribution >= 4 is 0 Å². The topological polar surface area (TPSA) is 23.5 Å². The standard InChI is InChI=1S/C22H20F3NO/c23-19-9-6-16(7-10-19)13-26(14-18-8-11-20(24)12-21(18)25)15-22(27)17-4-2-1-3-5-17/h1-12,22,27H,13-15H2. The minimum Gasteiger partial charge on any atom is -0.387 e. The first-order valence-electron chi connectivity index (χ1n) is 8.65. The molecule has 0 bridgehead atoms. The van der Waals surface area contributed by atoms with Gasteiger partial charge in [0.15, 0.2) is 0 Å². The summed E-state index contributed by atoms with van der Waals surface area (Å²) in [5.41, 5.74) is 1.92. The molecule has 0 heterocycles. The van der Waals surface area contributed by atoms with Gasteiger partial charge in [-0.15, -0.1) is 0 Å². The third kappa shape index (κ3) is 5.42. The average molecular weight is 371 g/mol. The van der Waals surface area contributed by atoms with Crippen molar-refractivity contribution < 1.29 is 18.3 Å². The van der Waals surface area contributed by atoms with Gasteiger partial charge < -0.3 is 5.11 Å². The Bertz CT molecular complexity index is 868. The van der Waals surface area contributed by atoms with Gasteiger partial charge in [0.25, 0.3) is 0 Å². The highest BCUT2D eigenvalue weighted by Crippen LogP contribution is 2.19. The van der Waals surface area contributed by atoms with Crippen LogP contribution >= 0.6 is 0 Å². The van der Waals surface area contributed by atoms with E-state index in [0.29, 0.717) is 12.1 Å². The zero-order chi connectivity index (χ0) is 19.2. The molecule has 2 nitrogen and oxygen atoms in total. The van der Waals surface area contributed by atoms with Crippen LogP contribution in [0.2, 0.25) is 0 Å². The molecule has 0 aliphatic rings. The number of benzene rings is 3. The Labute approximate surface area is 156 Å². The second kappa shape index (κ2) is 8.84. The molecular formula is C22H20F3NO. The Morgan fingerprint density at radius 2 is 1.44 bits per heavy atom. The van der Waals surface area contributed by atoms with Gasteiger partial charge in [-0.2, -0.15) is 0 Å². The van der Waals surface area contributed by atoms with Gasteiger partial charge in [0, 0.05) is 31.3 Å². The lowest BCUT2D eigenvalue weighted by Gasteiger charge is -2.26. The Kier molecular flexibility index (Phi) is 6.27. The normalized spacial score (nSPS) is 12.3. The van der Waals surface area contributed by atoms with Crippen LogP contribution in [0.3, 0.4) is 0 Å². The Morgan fingerprint density at radius 1 is 0.778 bits per heavy atom.